The fourth-order valence-electron chi connectivity index (χ4n) is 4.06. The number of piperazine rings is 1. The molecule has 1 amide bonds. The quantitative estimate of drug-likeness (QED) is 0.679. The van der Waals surface area contributed by atoms with Crippen molar-refractivity contribution in [3.05, 3.63) is 24.3 Å². The predicted molar refractivity (Wildman–Crippen MR) is 105 cm³/mol. The van der Waals surface area contributed by atoms with Gasteiger partial charge in [-0.3, -0.25) is 4.79 Å². The highest BCUT2D eigenvalue weighted by molar-refractivity contribution is 7.91. The van der Waals surface area contributed by atoms with E-state index in [0.717, 1.165) is 38.3 Å². The highest BCUT2D eigenvalue weighted by atomic mass is 32.2. The van der Waals surface area contributed by atoms with Crippen molar-refractivity contribution in [1.29, 1.82) is 0 Å². The molecule has 2 aliphatic heterocycles. The normalized spacial score (nSPS) is 22.7. The fraction of sp³-hybridized carbons (Fsp3) is 0.632. The highest BCUT2D eigenvalue weighted by Gasteiger charge is 2.35. The summed E-state index contributed by atoms with van der Waals surface area (Å²) >= 11 is 0. The Hall–Kier alpha value is -1.80. The van der Waals surface area contributed by atoms with Crippen LogP contribution in [0.4, 0.5) is 5.69 Å². The summed E-state index contributed by atoms with van der Waals surface area (Å²) < 4.78 is 23.6. The number of nitrogens with zero attached hydrogens (tertiary/aromatic N) is 2. The summed E-state index contributed by atoms with van der Waals surface area (Å²) in [6.45, 7) is 6.26. The number of carbonyl (C=O) groups excluding carboxylic acids is 1. The minimum Gasteiger partial charge on any atom is -0.506 e. The molecule has 1 aromatic rings. The van der Waals surface area contributed by atoms with Crippen LogP contribution in [0.5, 0.6) is 5.75 Å². The lowest BCUT2D eigenvalue weighted by molar-refractivity contribution is -0.892. The van der Waals surface area contributed by atoms with E-state index >= 15 is 0 Å². The first-order valence-electron chi connectivity index (χ1n) is 9.76. The van der Waals surface area contributed by atoms with Crippen LogP contribution in [0.3, 0.4) is 0 Å². The van der Waals surface area contributed by atoms with Gasteiger partial charge in [-0.1, -0.05) is 19.1 Å². The molecule has 1 aromatic carbocycles. The summed E-state index contributed by atoms with van der Waals surface area (Å²) in [5, 5.41) is 10.0. The van der Waals surface area contributed by atoms with Crippen molar-refractivity contribution in [3.8, 4) is 5.75 Å². The molecular weight excluding hydrogens is 366 g/mol. The lowest BCUT2D eigenvalue weighted by Crippen LogP contribution is -3.16. The van der Waals surface area contributed by atoms with Gasteiger partial charge in [-0.15, -0.1) is 0 Å². The number of phenols is 1. The minimum absolute atomic E-state index is 0.0601. The van der Waals surface area contributed by atoms with Gasteiger partial charge in [-0.05, 0) is 25.0 Å². The maximum Gasteiger partial charge on any atom is 0.278 e. The summed E-state index contributed by atoms with van der Waals surface area (Å²) in [6.07, 6.45) is 1.39. The predicted octanol–water partition coefficient (Wildman–Crippen LogP) is -0.477. The summed E-state index contributed by atoms with van der Waals surface area (Å²) in [6, 6.07) is 7.16. The van der Waals surface area contributed by atoms with Gasteiger partial charge in [0.2, 0.25) is 0 Å². The van der Waals surface area contributed by atoms with Crippen LogP contribution in [0.25, 0.3) is 0 Å². The number of quaternary nitrogens is 1. The number of benzene rings is 1. The highest BCUT2D eigenvalue weighted by Crippen LogP contribution is 2.26. The van der Waals surface area contributed by atoms with E-state index in [9.17, 15) is 18.3 Å². The SMILES string of the molecule is CCCN(C(=O)C[NH+]1CCN(c2ccccc2O)CC1)[C@@H]1CCS(=O)(=O)C1. The van der Waals surface area contributed by atoms with Crippen LogP contribution in [-0.4, -0.2) is 81.1 Å². The lowest BCUT2D eigenvalue weighted by atomic mass is 10.2. The van der Waals surface area contributed by atoms with E-state index in [1.807, 2.05) is 25.1 Å². The van der Waals surface area contributed by atoms with Crippen LogP contribution in [-0.2, 0) is 14.6 Å². The molecule has 1 atom stereocenters. The van der Waals surface area contributed by atoms with Crippen LogP contribution in [0.15, 0.2) is 24.3 Å². The van der Waals surface area contributed by atoms with Gasteiger partial charge in [0.25, 0.3) is 5.91 Å². The number of hydrogen-bond donors (Lipinski definition) is 2. The zero-order valence-corrected chi connectivity index (χ0v) is 16.7. The van der Waals surface area contributed by atoms with Crippen molar-refractivity contribution in [2.24, 2.45) is 0 Å². The van der Waals surface area contributed by atoms with E-state index in [1.165, 1.54) is 4.90 Å². The third-order valence-corrected chi connectivity index (χ3v) is 7.28. The molecule has 0 aromatic heterocycles. The molecule has 2 N–H and O–H groups in total. The number of nitrogens with one attached hydrogen (secondary N) is 1. The van der Waals surface area contributed by atoms with Crippen LogP contribution < -0.4 is 9.80 Å². The zero-order valence-electron chi connectivity index (χ0n) is 15.9. The van der Waals surface area contributed by atoms with Gasteiger partial charge in [0.1, 0.15) is 5.75 Å². The molecule has 2 saturated heterocycles. The van der Waals surface area contributed by atoms with Gasteiger partial charge in [-0.2, -0.15) is 0 Å². The topological polar surface area (TPSA) is 82.4 Å². The molecule has 150 valence electrons. The molecule has 0 saturated carbocycles. The van der Waals surface area contributed by atoms with Crippen LogP contribution >= 0.6 is 0 Å². The summed E-state index contributed by atoms with van der Waals surface area (Å²) in [5.41, 5.74) is 0.839. The van der Waals surface area contributed by atoms with Crippen LogP contribution in [0.1, 0.15) is 19.8 Å². The molecule has 8 heteroatoms. The first-order valence-corrected chi connectivity index (χ1v) is 11.6. The molecule has 7 nitrogen and oxygen atoms in total. The lowest BCUT2D eigenvalue weighted by Gasteiger charge is -2.35. The minimum atomic E-state index is -3.00. The van der Waals surface area contributed by atoms with Crippen molar-refractivity contribution in [3.63, 3.8) is 0 Å². The van der Waals surface area contributed by atoms with Gasteiger partial charge in [-0.25, -0.2) is 8.42 Å². The summed E-state index contributed by atoms with van der Waals surface area (Å²) in [7, 11) is -3.00. The molecule has 3 rings (SSSR count). The van der Waals surface area contributed by atoms with Gasteiger partial charge in [0, 0.05) is 12.6 Å². The Bertz CT molecular complexity index is 760. The number of anilines is 1. The summed E-state index contributed by atoms with van der Waals surface area (Å²) in [4.78, 5) is 18.0. The number of para-hydroxylation sites is 2. The Morgan fingerprint density at radius 1 is 1.30 bits per heavy atom. The van der Waals surface area contributed by atoms with Gasteiger partial charge in [0.15, 0.2) is 16.4 Å². The van der Waals surface area contributed by atoms with Gasteiger partial charge < -0.3 is 19.8 Å². The average Bonchev–Trinajstić information content (AvgIpc) is 3.00. The molecular formula is C19H30N3O4S+. The molecule has 2 fully saturated rings. The molecule has 0 radical (unpaired) electrons. The third kappa shape index (κ3) is 4.93. The smallest absolute Gasteiger partial charge is 0.278 e. The van der Waals surface area contributed by atoms with E-state index < -0.39 is 9.84 Å². The van der Waals surface area contributed by atoms with Crippen molar-refractivity contribution in [2.75, 3.05) is 55.7 Å². The molecule has 2 heterocycles. The van der Waals surface area contributed by atoms with Crippen molar-refractivity contribution in [1.82, 2.24) is 4.90 Å². The Labute approximate surface area is 161 Å². The van der Waals surface area contributed by atoms with E-state index in [2.05, 4.69) is 4.90 Å². The molecule has 0 spiro atoms. The average molecular weight is 397 g/mol. The molecule has 0 aliphatic carbocycles. The number of phenolic OH excluding ortho intramolecular Hbond substituents is 1. The monoisotopic (exact) mass is 396 g/mol. The molecule has 2 aliphatic rings. The van der Waals surface area contributed by atoms with E-state index in [0.29, 0.717) is 19.5 Å². The van der Waals surface area contributed by atoms with Crippen LogP contribution in [0, 0.1) is 0 Å². The number of amides is 1. The second-order valence-corrected chi connectivity index (χ2v) is 9.78. The Kier molecular flexibility index (Phi) is 6.26. The number of hydrogen-bond acceptors (Lipinski definition) is 5. The van der Waals surface area contributed by atoms with E-state index in [4.69, 9.17) is 0 Å². The molecule has 27 heavy (non-hydrogen) atoms. The Balaban J connectivity index is 1.55. The Morgan fingerprint density at radius 2 is 2.00 bits per heavy atom. The largest absolute Gasteiger partial charge is 0.506 e. The van der Waals surface area contributed by atoms with E-state index in [-0.39, 0.29) is 29.2 Å². The maximum atomic E-state index is 12.9. The van der Waals surface area contributed by atoms with Crippen molar-refractivity contribution >= 4 is 21.4 Å². The van der Waals surface area contributed by atoms with Crippen LogP contribution in [0.2, 0.25) is 0 Å². The van der Waals surface area contributed by atoms with Crippen molar-refractivity contribution < 1.29 is 23.2 Å². The first kappa shape index (κ1) is 19.9. The second kappa shape index (κ2) is 8.48. The van der Waals surface area contributed by atoms with Crippen molar-refractivity contribution in [2.45, 2.75) is 25.8 Å². The third-order valence-electron chi connectivity index (χ3n) is 5.53. The second-order valence-electron chi connectivity index (χ2n) is 7.55. The van der Waals surface area contributed by atoms with Gasteiger partial charge >= 0.3 is 0 Å². The molecule has 0 unspecified atom stereocenters. The fourth-order valence-corrected chi connectivity index (χ4v) is 5.79. The number of aromatic hydroxyl groups is 1. The standard InChI is InChI=1S/C19H29N3O4S/c1-2-8-22(16-7-13-27(25,26)15-16)19(24)14-20-9-11-21(12-10-20)17-5-3-4-6-18(17)23/h3-6,16,23H,2,7-15H2,1H3/p+1/t16-/m1/s1. The number of carbonyl (C=O) groups is 1. The zero-order chi connectivity index (χ0) is 19.4. The first-order chi connectivity index (χ1) is 12.9. The number of rotatable bonds is 6. The van der Waals surface area contributed by atoms with Gasteiger partial charge in [0.05, 0.1) is 43.4 Å². The number of sulfone groups is 1. The Morgan fingerprint density at radius 3 is 2.59 bits per heavy atom. The maximum absolute atomic E-state index is 12.9. The summed E-state index contributed by atoms with van der Waals surface area (Å²) in [5.74, 6) is 0.644. The molecule has 0 bridgehead atoms. The van der Waals surface area contributed by atoms with E-state index in [1.54, 1.807) is 11.0 Å².